The molecule has 124 valence electrons. The largest absolute Gasteiger partial charge is 0.389 e. The predicted octanol–water partition coefficient (Wildman–Crippen LogP) is 3.03. The first-order valence-corrected chi connectivity index (χ1v) is 9.00. The lowest BCUT2D eigenvalue weighted by Gasteiger charge is -2.44. The van der Waals surface area contributed by atoms with Gasteiger partial charge in [0.25, 0.3) is 0 Å². The smallest absolute Gasteiger partial charge is 0.0718 e. The minimum atomic E-state index is -0.594. The molecule has 0 aromatic carbocycles. The molecule has 0 unspecified atom stereocenters. The Labute approximate surface area is 131 Å². The van der Waals surface area contributed by atoms with Gasteiger partial charge in [-0.3, -0.25) is 0 Å². The van der Waals surface area contributed by atoms with Crippen LogP contribution in [0.5, 0.6) is 0 Å². The summed E-state index contributed by atoms with van der Waals surface area (Å²) in [6.07, 6.45) is 8.16. The van der Waals surface area contributed by atoms with Crippen molar-refractivity contribution in [3.05, 3.63) is 0 Å². The van der Waals surface area contributed by atoms with Crippen LogP contribution in [0.15, 0.2) is 0 Å². The highest BCUT2D eigenvalue weighted by atomic mass is 16.3. The Morgan fingerprint density at radius 1 is 1.19 bits per heavy atom. The number of likely N-dealkylation sites (N-methyl/N-ethyl adjacent to an activating group) is 1. The molecule has 0 atom stereocenters. The molecule has 3 heteroatoms. The second-order valence-electron chi connectivity index (χ2n) is 8.45. The van der Waals surface area contributed by atoms with Gasteiger partial charge in [0.1, 0.15) is 0 Å². The van der Waals surface area contributed by atoms with Gasteiger partial charge in [-0.15, -0.1) is 0 Å². The van der Waals surface area contributed by atoms with Gasteiger partial charge in [0, 0.05) is 25.7 Å². The van der Waals surface area contributed by atoms with Crippen molar-refractivity contribution < 1.29 is 5.11 Å². The minimum absolute atomic E-state index is 0.427. The maximum Gasteiger partial charge on any atom is 0.0718 e. The van der Waals surface area contributed by atoms with Crippen LogP contribution in [-0.2, 0) is 0 Å². The second-order valence-corrected chi connectivity index (χ2v) is 8.45. The lowest BCUT2D eigenvalue weighted by molar-refractivity contribution is 0.0112. The van der Waals surface area contributed by atoms with Crippen LogP contribution in [0.4, 0.5) is 0 Å². The lowest BCUT2D eigenvalue weighted by atomic mass is 9.70. The maximum atomic E-state index is 10.1. The maximum absolute atomic E-state index is 10.1. The first kappa shape index (κ1) is 17.2. The molecule has 2 aliphatic carbocycles. The number of aliphatic hydroxyl groups is 1. The van der Waals surface area contributed by atoms with Crippen LogP contribution in [-0.4, -0.2) is 47.8 Å². The molecule has 2 N–H and O–H groups in total. The molecule has 0 bridgehead atoms. The molecule has 0 aliphatic heterocycles. The molecule has 2 aliphatic rings. The van der Waals surface area contributed by atoms with Gasteiger partial charge in [-0.1, -0.05) is 26.7 Å². The van der Waals surface area contributed by atoms with Gasteiger partial charge in [-0.05, 0) is 57.4 Å². The van der Waals surface area contributed by atoms with Crippen LogP contribution >= 0.6 is 0 Å². The van der Waals surface area contributed by atoms with Crippen LogP contribution < -0.4 is 5.32 Å². The molecular weight excluding hydrogens is 260 g/mol. The SMILES string of the molecule is CCN(CC(C)(C)O)CC1(CNC2CC2)CCC(C)CC1. The lowest BCUT2D eigenvalue weighted by Crippen LogP contribution is -2.49. The fourth-order valence-electron chi connectivity index (χ4n) is 3.71. The normalized spacial score (nSPS) is 30.9. The summed E-state index contributed by atoms with van der Waals surface area (Å²) < 4.78 is 0. The van der Waals surface area contributed by atoms with E-state index in [-0.39, 0.29) is 0 Å². The van der Waals surface area contributed by atoms with E-state index < -0.39 is 5.60 Å². The molecule has 0 spiro atoms. The quantitative estimate of drug-likeness (QED) is 0.723. The second kappa shape index (κ2) is 6.97. The molecule has 2 rings (SSSR count). The van der Waals surface area contributed by atoms with Crippen LogP contribution in [0.3, 0.4) is 0 Å². The van der Waals surface area contributed by atoms with Crippen molar-refractivity contribution in [2.45, 2.75) is 77.9 Å². The number of hydrogen-bond donors (Lipinski definition) is 2. The average Bonchev–Trinajstić information content (AvgIpc) is 3.22. The van der Waals surface area contributed by atoms with E-state index in [4.69, 9.17) is 0 Å². The first-order valence-electron chi connectivity index (χ1n) is 9.00. The van der Waals surface area contributed by atoms with Gasteiger partial charge in [-0.2, -0.15) is 0 Å². The monoisotopic (exact) mass is 296 g/mol. The summed E-state index contributed by atoms with van der Waals surface area (Å²) in [7, 11) is 0. The Morgan fingerprint density at radius 3 is 2.29 bits per heavy atom. The van der Waals surface area contributed by atoms with Crippen molar-refractivity contribution >= 4 is 0 Å². The average molecular weight is 296 g/mol. The third kappa shape index (κ3) is 5.88. The van der Waals surface area contributed by atoms with Crippen molar-refractivity contribution in [2.75, 3.05) is 26.2 Å². The molecule has 0 heterocycles. The molecule has 0 radical (unpaired) electrons. The summed E-state index contributed by atoms with van der Waals surface area (Å²) in [5.74, 6) is 0.892. The van der Waals surface area contributed by atoms with Gasteiger partial charge in [0.2, 0.25) is 0 Å². The van der Waals surface area contributed by atoms with Crippen LogP contribution in [0, 0.1) is 11.3 Å². The molecular formula is C18H36N2O. The molecule has 2 saturated carbocycles. The molecule has 21 heavy (non-hydrogen) atoms. The summed E-state index contributed by atoms with van der Waals surface area (Å²) >= 11 is 0. The Bertz CT molecular complexity index is 312. The standard InChI is InChI=1S/C18H36N2O/c1-5-20(13-17(3,4)21)14-18(12-19-16-6-7-16)10-8-15(2)9-11-18/h15-16,19,21H,5-14H2,1-4H3. The number of hydrogen-bond acceptors (Lipinski definition) is 3. The van der Waals surface area contributed by atoms with Crippen molar-refractivity contribution in [1.82, 2.24) is 10.2 Å². The van der Waals surface area contributed by atoms with Crippen molar-refractivity contribution in [3.63, 3.8) is 0 Å². The Kier molecular flexibility index (Phi) is 5.72. The third-order valence-electron chi connectivity index (χ3n) is 5.29. The third-order valence-corrected chi connectivity index (χ3v) is 5.29. The van der Waals surface area contributed by atoms with Gasteiger partial charge < -0.3 is 15.3 Å². The summed E-state index contributed by atoms with van der Waals surface area (Å²) in [5, 5.41) is 13.9. The van der Waals surface area contributed by atoms with E-state index in [1.807, 2.05) is 13.8 Å². The van der Waals surface area contributed by atoms with Gasteiger partial charge in [0.05, 0.1) is 5.60 Å². The van der Waals surface area contributed by atoms with Gasteiger partial charge in [-0.25, -0.2) is 0 Å². The van der Waals surface area contributed by atoms with Crippen LogP contribution in [0.2, 0.25) is 0 Å². The minimum Gasteiger partial charge on any atom is -0.389 e. The molecule has 0 amide bonds. The molecule has 0 aromatic rings. The number of nitrogens with one attached hydrogen (secondary N) is 1. The molecule has 2 fully saturated rings. The summed E-state index contributed by atoms with van der Waals surface area (Å²) in [6.45, 7) is 12.6. The van der Waals surface area contributed by atoms with E-state index in [9.17, 15) is 5.11 Å². The van der Waals surface area contributed by atoms with E-state index in [0.29, 0.717) is 5.41 Å². The number of nitrogens with zero attached hydrogens (tertiary/aromatic N) is 1. The van der Waals surface area contributed by atoms with Gasteiger partial charge >= 0.3 is 0 Å². The molecule has 0 saturated heterocycles. The van der Waals surface area contributed by atoms with Crippen LogP contribution in [0.25, 0.3) is 0 Å². The number of rotatable bonds is 8. The van der Waals surface area contributed by atoms with E-state index in [0.717, 1.165) is 31.6 Å². The Morgan fingerprint density at radius 2 is 1.81 bits per heavy atom. The van der Waals surface area contributed by atoms with Crippen LogP contribution in [0.1, 0.15) is 66.2 Å². The first-order chi connectivity index (χ1) is 9.82. The van der Waals surface area contributed by atoms with E-state index in [1.54, 1.807) is 0 Å². The van der Waals surface area contributed by atoms with E-state index >= 15 is 0 Å². The molecule has 0 aromatic heterocycles. The zero-order valence-electron chi connectivity index (χ0n) is 14.6. The van der Waals surface area contributed by atoms with E-state index in [1.165, 1.54) is 45.1 Å². The summed E-state index contributed by atoms with van der Waals surface area (Å²) in [5.41, 5.74) is -0.167. The summed E-state index contributed by atoms with van der Waals surface area (Å²) in [6, 6.07) is 0.797. The topological polar surface area (TPSA) is 35.5 Å². The molecule has 3 nitrogen and oxygen atoms in total. The van der Waals surface area contributed by atoms with Crippen molar-refractivity contribution in [2.24, 2.45) is 11.3 Å². The Hall–Kier alpha value is -0.120. The van der Waals surface area contributed by atoms with Crippen molar-refractivity contribution in [1.29, 1.82) is 0 Å². The highest BCUT2D eigenvalue weighted by Gasteiger charge is 2.37. The highest BCUT2D eigenvalue weighted by molar-refractivity contribution is 4.93. The predicted molar refractivity (Wildman–Crippen MR) is 89.5 cm³/mol. The fraction of sp³-hybridized carbons (Fsp3) is 1.00. The zero-order chi connectivity index (χ0) is 15.5. The fourth-order valence-corrected chi connectivity index (χ4v) is 3.71. The zero-order valence-corrected chi connectivity index (χ0v) is 14.6. The summed E-state index contributed by atoms with van der Waals surface area (Å²) in [4.78, 5) is 2.46. The Balaban J connectivity index is 1.95. The highest BCUT2D eigenvalue weighted by Crippen LogP contribution is 2.40. The van der Waals surface area contributed by atoms with E-state index in [2.05, 4.69) is 24.1 Å². The van der Waals surface area contributed by atoms with Crippen molar-refractivity contribution in [3.8, 4) is 0 Å². The van der Waals surface area contributed by atoms with Gasteiger partial charge in [0.15, 0.2) is 0 Å².